The third kappa shape index (κ3) is 6.10. The fourth-order valence-corrected chi connectivity index (χ4v) is 5.53. The van der Waals surface area contributed by atoms with Crippen LogP contribution in [0, 0.1) is 0 Å². The van der Waals surface area contributed by atoms with Gasteiger partial charge in [-0.3, -0.25) is 4.79 Å². The Kier molecular flexibility index (Phi) is 7.47. The topological polar surface area (TPSA) is 75.7 Å². The van der Waals surface area contributed by atoms with Crippen LogP contribution in [0.25, 0.3) is 0 Å². The first kappa shape index (κ1) is 23.8. The van der Waals surface area contributed by atoms with E-state index >= 15 is 0 Å². The van der Waals surface area contributed by atoms with Gasteiger partial charge >= 0.3 is 0 Å². The predicted molar refractivity (Wildman–Crippen MR) is 125 cm³/mol. The minimum absolute atomic E-state index is 0.0821. The van der Waals surface area contributed by atoms with Crippen LogP contribution in [0.5, 0.6) is 0 Å². The summed E-state index contributed by atoms with van der Waals surface area (Å²) in [5.41, 5.74) is 1.79. The Morgan fingerprint density at radius 1 is 1.10 bits per heavy atom. The first-order valence-corrected chi connectivity index (χ1v) is 12.7. The van der Waals surface area contributed by atoms with Gasteiger partial charge in [-0.15, -0.1) is 11.8 Å². The molecule has 1 atom stereocenters. The van der Waals surface area contributed by atoms with E-state index in [0.29, 0.717) is 32.0 Å². The zero-order chi connectivity index (χ0) is 22.6. The average molecular weight is 463 g/mol. The fraction of sp³-hybridized carbons (Fsp3) is 0.435. The number of benzene rings is 2. The van der Waals surface area contributed by atoms with Crippen LogP contribution in [0.15, 0.2) is 58.3 Å². The van der Waals surface area contributed by atoms with E-state index < -0.39 is 10.0 Å². The van der Waals surface area contributed by atoms with Crippen LogP contribution in [-0.2, 0) is 25.0 Å². The van der Waals surface area contributed by atoms with Crippen LogP contribution in [0.3, 0.4) is 0 Å². The van der Waals surface area contributed by atoms with Crippen molar-refractivity contribution in [3.63, 3.8) is 0 Å². The Hall–Kier alpha value is -1.87. The number of nitrogens with one attached hydrogen (secondary N) is 1. The van der Waals surface area contributed by atoms with E-state index in [-0.39, 0.29) is 21.5 Å². The zero-order valence-corrected chi connectivity index (χ0v) is 20.1. The lowest BCUT2D eigenvalue weighted by molar-refractivity contribution is -0.115. The van der Waals surface area contributed by atoms with E-state index in [1.165, 1.54) is 27.7 Å². The van der Waals surface area contributed by atoms with E-state index in [1.807, 2.05) is 19.1 Å². The van der Waals surface area contributed by atoms with Gasteiger partial charge in [-0.05, 0) is 48.2 Å². The fourth-order valence-electron chi connectivity index (χ4n) is 3.21. The minimum atomic E-state index is -3.61. The van der Waals surface area contributed by atoms with Gasteiger partial charge in [-0.25, -0.2) is 8.42 Å². The minimum Gasteiger partial charge on any atom is -0.379 e. The Morgan fingerprint density at radius 3 is 2.35 bits per heavy atom. The molecule has 0 aliphatic carbocycles. The molecule has 0 spiro atoms. The van der Waals surface area contributed by atoms with Crippen molar-refractivity contribution >= 4 is 33.4 Å². The van der Waals surface area contributed by atoms with Crippen molar-refractivity contribution in [1.82, 2.24) is 4.31 Å². The Balaban J connectivity index is 1.65. The molecule has 6 nitrogen and oxygen atoms in total. The van der Waals surface area contributed by atoms with Gasteiger partial charge in [0.05, 0.1) is 23.4 Å². The maximum absolute atomic E-state index is 12.9. The molecule has 0 bridgehead atoms. The normalized spacial score (nSPS) is 16.6. The molecule has 2 aromatic carbocycles. The number of hydrogen-bond acceptors (Lipinski definition) is 5. The third-order valence-corrected chi connectivity index (χ3v) is 8.12. The van der Waals surface area contributed by atoms with Crippen LogP contribution in [0.4, 0.5) is 5.69 Å². The highest BCUT2D eigenvalue weighted by Crippen LogP contribution is 2.28. The molecule has 8 heteroatoms. The number of thioether (sulfide) groups is 1. The Bertz CT molecular complexity index is 1010. The smallest absolute Gasteiger partial charge is 0.243 e. The van der Waals surface area contributed by atoms with Crippen LogP contribution < -0.4 is 5.32 Å². The molecule has 1 amide bonds. The summed E-state index contributed by atoms with van der Waals surface area (Å²) in [7, 11) is -3.61. The lowest BCUT2D eigenvalue weighted by Gasteiger charge is -2.26. The summed E-state index contributed by atoms with van der Waals surface area (Å²) < 4.78 is 32.4. The maximum atomic E-state index is 12.9. The standard InChI is InChI=1S/C23H30N2O4S2/c1-17(30-20-10-8-18(9-11-20)23(2,3)4)22(26)24-19-6-5-7-21(16-19)31(27,28)25-12-14-29-15-13-25/h5-11,16-17H,12-15H2,1-4H3,(H,24,26)/t17-/m1/s1. The first-order valence-electron chi connectivity index (χ1n) is 10.3. The second kappa shape index (κ2) is 9.73. The van der Waals surface area contributed by atoms with E-state index in [4.69, 9.17) is 4.74 Å². The molecule has 1 aliphatic heterocycles. The highest BCUT2D eigenvalue weighted by atomic mass is 32.2. The molecule has 1 saturated heterocycles. The number of hydrogen-bond donors (Lipinski definition) is 1. The van der Waals surface area contributed by atoms with Crippen LogP contribution in [0.1, 0.15) is 33.3 Å². The first-order chi connectivity index (χ1) is 14.6. The number of sulfonamides is 1. The van der Waals surface area contributed by atoms with Gasteiger partial charge in [0.25, 0.3) is 0 Å². The number of nitrogens with zero attached hydrogens (tertiary/aromatic N) is 1. The quantitative estimate of drug-likeness (QED) is 0.654. The maximum Gasteiger partial charge on any atom is 0.243 e. The molecule has 3 rings (SSSR count). The van der Waals surface area contributed by atoms with Gasteiger partial charge in [0.1, 0.15) is 0 Å². The zero-order valence-electron chi connectivity index (χ0n) is 18.4. The van der Waals surface area contributed by atoms with Gasteiger partial charge in [0.2, 0.25) is 15.9 Å². The molecule has 0 saturated carbocycles. The van der Waals surface area contributed by atoms with Crippen LogP contribution >= 0.6 is 11.8 Å². The average Bonchev–Trinajstić information content (AvgIpc) is 2.74. The molecular formula is C23H30N2O4S2. The number of carbonyl (C=O) groups excluding carboxylic acids is 1. The summed E-state index contributed by atoms with van der Waals surface area (Å²) in [6.07, 6.45) is 0. The molecule has 0 radical (unpaired) electrons. The van der Waals surface area contributed by atoms with Gasteiger partial charge in [-0.1, -0.05) is 39.0 Å². The van der Waals surface area contributed by atoms with Crippen molar-refractivity contribution in [3.05, 3.63) is 54.1 Å². The number of ether oxygens (including phenoxy) is 1. The highest BCUT2D eigenvalue weighted by molar-refractivity contribution is 8.00. The summed E-state index contributed by atoms with van der Waals surface area (Å²) in [6.45, 7) is 9.78. The Labute approximate surface area is 189 Å². The van der Waals surface area contributed by atoms with E-state index in [2.05, 4.69) is 38.2 Å². The molecule has 31 heavy (non-hydrogen) atoms. The molecule has 1 N–H and O–H groups in total. The number of carbonyl (C=O) groups is 1. The van der Waals surface area contributed by atoms with E-state index in [9.17, 15) is 13.2 Å². The summed E-state index contributed by atoms with van der Waals surface area (Å²) in [5, 5.41) is 2.51. The van der Waals surface area contributed by atoms with Crippen LogP contribution in [-0.4, -0.2) is 50.2 Å². The highest BCUT2D eigenvalue weighted by Gasteiger charge is 2.26. The number of amides is 1. The molecule has 1 aliphatic rings. The summed E-state index contributed by atoms with van der Waals surface area (Å²) in [4.78, 5) is 13.9. The van der Waals surface area contributed by atoms with Crippen molar-refractivity contribution < 1.29 is 17.9 Å². The van der Waals surface area contributed by atoms with Gasteiger partial charge in [-0.2, -0.15) is 4.31 Å². The van der Waals surface area contributed by atoms with Crippen LogP contribution in [0.2, 0.25) is 0 Å². The third-order valence-electron chi connectivity index (χ3n) is 5.11. The van der Waals surface area contributed by atoms with Crippen molar-refractivity contribution in [2.24, 2.45) is 0 Å². The van der Waals surface area contributed by atoms with Crippen molar-refractivity contribution in [1.29, 1.82) is 0 Å². The van der Waals surface area contributed by atoms with Gasteiger partial charge < -0.3 is 10.1 Å². The molecule has 2 aromatic rings. The van der Waals surface area contributed by atoms with Crippen molar-refractivity contribution in [2.75, 3.05) is 31.6 Å². The largest absolute Gasteiger partial charge is 0.379 e. The number of anilines is 1. The molecular weight excluding hydrogens is 432 g/mol. The second-order valence-electron chi connectivity index (χ2n) is 8.57. The lowest BCUT2D eigenvalue weighted by Crippen LogP contribution is -2.40. The monoisotopic (exact) mass is 462 g/mol. The van der Waals surface area contributed by atoms with E-state index in [1.54, 1.807) is 18.2 Å². The van der Waals surface area contributed by atoms with Gasteiger partial charge in [0.15, 0.2) is 0 Å². The van der Waals surface area contributed by atoms with Crippen molar-refractivity contribution in [2.45, 2.75) is 48.2 Å². The summed E-state index contributed by atoms with van der Waals surface area (Å²) >= 11 is 1.47. The Morgan fingerprint density at radius 2 is 1.74 bits per heavy atom. The summed E-state index contributed by atoms with van der Waals surface area (Å²) in [6, 6.07) is 14.7. The van der Waals surface area contributed by atoms with Gasteiger partial charge in [0, 0.05) is 23.7 Å². The molecule has 0 aromatic heterocycles. The molecule has 1 fully saturated rings. The number of morpholine rings is 1. The SMILES string of the molecule is C[C@@H](Sc1ccc(C(C)(C)C)cc1)C(=O)Nc1cccc(S(=O)(=O)N2CCOCC2)c1. The number of rotatable bonds is 6. The molecule has 0 unspecified atom stereocenters. The molecule has 168 valence electrons. The van der Waals surface area contributed by atoms with E-state index in [0.717, 1.165) is 4.90 Å². The lowest BCUT2D eigenvalue weighted by atomic mass is 9.87. The second-order valence-corrected chi connectivity index (χ2v) is 11.9. The predicted octanol–water partition coefficient (Wildman–Crippen LogP) is 4.12. The summed E-state index contributed by atoms with van der Waals surface area (Å²) in [5.74, 6) is -0.175. The molecule has 1 heterocycles. The van der Waals surface area contributed by atoms with Crippen molar-refractivity contribution in [3.8, 4) is 0 Å².